The van der Waals surface area contributed by atoms with Gasteiger partial charge in [0.2, 0.25) is 0 Å². The molecule has 1 aromatic rings. The predicted molar refractivity (Wildman–Crippen MR) is 56.8 cm³/mol. The zero-order chi connectivity index (χ0) is 12.4. The number of hydrogen-bond acceptors (Lipinski definition) is 2. The standard InChI is InChI=1S/C12H14F3NO/c13-9-5-8(6-10(14)11(9)15)12(16)7-1-3-17-4-2-7/h5-7,12H,1-4,16H2. The number of benzene rings is 1. The molecular weight excluding hydrogens is 231 g/mol. The van der Waals surface area contributed by atoms with Crippen LogP contribution in [-0.2, 0) is 4.74 Å². The number of halogens is 3. The zero-order valence-corrected chi connectivity index (χ0v) is 9.26. The van der Waals surface area contributed by atoms with Gasteiger partial charge in [0.25, 0.3) is 0 Å². The van der Waals surface area contributed by atoms with Gasteiger partial charge in [0.1, 0.15) is 0 Å². The van der Waals surface area contributed by atoms with Crippen LogP contribution in [0.5, 0.6) is 0 Å². The lowest BCUT2D eigenvalue weighted by Crippen LogP contribution is -2.27. The van der Waals surface area contributed by atoms with Crippen molar-refractivity contribution in [2.24, 2.45) is 11.7 Å². The molecule has 1 fully saturated rings. The maximum Gasteiger partial charge on any atom is 0.194 e. The van der Waals surface area contributed by atoms with Crippen LogP contribution in [0.2, 0.25) is 0 Å². The van der Waals surface area contributed by atoms with E-state index < -0.39 is 23.5 Å². The van der Waals surface area contributed by atoms with E-state index in [2.05, 4.69) is 0 Å². The minimum Gasteiger partial charge on any atom is -0.381 e. The molecule has 2 rings (SSSR count). The van der Waals surface area contributed by atoms with E-state index in [0.717, 1.165) is 25.0 Å². The van der Waals surface area contributed by atoms with Crippen molar-refractivity contribution in [2.45, 2.75) is 18.9 Å². The Hall–Kier alpha value is -1.07. The molecule has 1 aliphatic rings. The molecule has 2 nitrogen and oxygen atoms in total. The lowest BCUT2D eigenvalue weighted by molar-refractivity contribution is 0.0583. The number of nitrogens with two attached hydrogens (primary N) is 1. The average Bonchev–Trinajstić information content (AvgIpc) is 2.35. The quantitative estimate of drug-likeness (QED) is 0.812. The second kappa shape index (κ2) is 5.06. The van der Waals surface area contributed by atoms with Crippen molar-refractivity contribution in [3.05, 3.63) is 35.1 Å². The van der Waals surface area contributed by atoms with Crippen LogP contribution >= 0.6 is 0 Å². The Morgan fingerprint density at radius 1 is 1.12 bits per heavy atom. The second-order valence-electron chi connectivity index (χ2n) is 4.27. The van der Waals surface area contributed by atoms with E-state index in [-0.39, 0.29) is 5.92 Å². The molecule has 0 amide bonds. The lowest BCUT2D eigenvalue weighted by Gasteiger charge is -2.27. The molecule has 5 heteroatoms. The fourth-order valence-corrected chi connectivity index (χ4v) is 2.11. The zero-order valence-electron chi connectivity index (χ0n) is 9.26. The van der Waals surface area contributed by atoms with Crippen LogP contribution in [0.1, 0.15) is 24.4 Å². The Labute approximate surface area is 97.6 Å². The van der Waals surface area contributed by atoms with Crippen LogP contribution in [0.4, 0.5) is 13.2 Å². The summed E-state index contributed by atoms with van der Waals surface area (Å²) in [5, 5.41) is 0. The molecule has 0 saturated carbocycles. The van der Waals surface area contributed by atoms with Gasteiger partial charge in [-0.1, -0.05) is 0 Å². The van der Waals surface area contributed by atoms with E-state index in [1.807, 2.05) is 0 Å². The summed E-state index contributed by atoms with van der Waals surface area (Å²) in [6, 6.07) is 1.46. The first kappa shape index (κ1) is 12.4. The summed E-state index contributed by atoms with van der Waals surface area (Å²) in [6.45, 7) is 1.20. The van der Waals surface area contributed by atoms with Crippen molar-refractivity contribution in [3.8, 4) is 0 Å². The Morgan fingerprint density at radius 3 is 2.18 bits per heavy atom. The van der Waals surface area contributed by atoms with Crippen LogP contribution in [0.15, 0.2) is 12.1 Å². The van der Waals surface area contributed by atoms with Crippen molar-refractivity contribution < 1.29 is 17.9 Å². The van der Waals surface area contributed by atoms with Crippen molar-refractivity contribution in [3.63, 3.8) is 0 Å². The molecule has 1 saturated heterocycles. The third-order valence-corrected chi connectivity index (χ3v) is 3.16. The SMILES string of the molecule is NC(c1cc(F)c(F)c(F)c1)C1CCOCC1. The molecule has 1 aromatic carbocycles. The molecule has 2 N–H and O–H groups in total. The maximum absolute atomic E-state index is 13.1. The van der Waals surface area contributed by atoms with Crippen molar-refractivity contribution in [1.82, 2.24) is 0 Å². The highest BCUT2D eigenvalue weighted by atomic mass is 19.2. The van der Waals surface area contributed by atoms with Crippen molar-refractivity contribution >= 4 is 0 Å². The minimum atomic E-state index is -1.45. The van der Waals surface area contributed by atoms with Gasteiger partial charge in [0.05, 0.1) is 0 Å². The third-order valence-electron chi connectivity index (χ3n) is 3.16. The van der Waals surface area contributed by atoms with E-state index in [4.69, 9.17) is 10.5 Å². The molecule has 0 aromatic heterocycles. The number of rotatable bonds is 2. The van der Waals surface area contributed by atoms with E-state index in [9.17, 15) is 13.2 Å². The van der Waals surface area contributed by atoms with Gasteiger partial charge in [-0.05, 0) is 36.5 Å². The van der Waals surface area contributed by atoms with Crippen LogP contribution < -0.4 is 5.73 Å². The first-order valence-electron chi connectivity index (χ1n) is 5.57. The summed E-state index contributed by atoms with van der Waals surface area (Å²) in [4.78, 5) is 0. The smallest absolute Gasteiger partial charge is 0.194 e. The van der Waals surface area contributed by atoms with Gasteiger partial charge in [-0.15, -0.1) is 0 Å². The Morgan fingerprint density at radius 2 is 1.65 bits per heavy atom. The molecule has 1 heterocycles. The lowest BCUT2D eigenvalue weighted by atomic mass is 9.88. The topological polar surface area (TPSA) is 35.2 Å². The summed E-state index contributed by atoms with van der Waals surface area (Å²) in [6.07, 6.45) is 1.50. The van der Waals surface area contributed by atoms with Gasteiger partial charge in [-0.3, -0.25) is 0 Å². The second-order valence-corrected chi connectivity index (χ2v) is 4.27. The highest BCUT2D eigenvalue weighted by Crippen LogP contribution is 2.29. The van der Waals surface area contributed by atoms with Crippen LogP contribution in [0.3, 0.4) is 0 Å². The summed E-state index contributed by atoms with van der Waals surface area (Å²) < 4.78 is 44.1. The molecule has 17 heavy (non-hydrogen) atoms. The molecule has 0 aliphatic carbocycles. The molecule has 1 aliphatic heterocycles. The van der Waals surface area contributed by atoms with Crippen molar-refractivity contribution in [1.29, 1.82) is 0 Å². The normalized spacial score (nSPS) is 19.3. The van der Waals surface area contributed by atoms with Crippen LogP contribution in [0, 0.1) is 23.4 Å². The summed E-state index contributed by atoms with van der Waals surface area (Å²) in [7, 11) is 0. The summed E-state index contributed by atoms with van der Waals surface area (Å²) in [5.41, 5.74) is 6.25. The molecule has 1 atom stereocenters. The van der Waals surface area contributed by atoms with E-state index in [1.54, 1.807) is 0 Å². The molecule has 1 unspecified atom stereocenters. The Balaban J connectivity index is 2.21. The summed E-state index contributed by atoms with van der Waals surface area (Å²) in [5.74, 6) is -3.72. The number of hydrogen-bond donors (Lipinski definition) is 1. The largest absolute Gasteiger partial charge is 0.381 e. The van der Waals surface area contributed by atoms with E-state index in [1.165, 1.54) is 0 Å². The molecule has 0 spiro atoms. The van der Waals surface area contributed by atoms with Crippen LogP contribution in [-0.4, -0.2) is 13.2 Å². The van der Waals surface area contributed by atoms with Gasteiger partial charge in [-0.25, -0.2) is 13.2 Å². The molecular formula is C12H14F3NO. The highest BCUT2D eigenvalue weighted by Gasteiger charge is 2.24. The fraction of sp³-hybridized carbons (Fsp3) is 0.500. The van der Waals surface area contributed by atoms with Gasteiger partial charge in [-0.2, -0.15) is 0 Å². The first-order valence-corrected chi connectivity index (χ1v) is 5.57. The van der Waals surface area contributed by atoms with Gasteiger partial charge < -0.3 is 10.5 Å². The van der Waals surface area contributed by atoms with Crippen molar-refractivity contribution in [2.75, 3.05) is 13.2 Å². The fourth-order valence-electron chi connectivity index (χ4n) is 2.11. The Bertz CT molecular complexity index is 382. The molecule has 0 bridgehead atoms. The molecule has 0 radical (unpaired) electrons. The molecule has 94 valence electrons. The van der Waals surface area contributed by atoms with Crippen LogP contribution in [0.25, 0.3) is 0 Å². The van der Waals surface area contributed by atoms with Gasteiger partial charge >= 0.3 is 0 Å². The van der Waals surface area contributed by atoms with Gasteiger partial charge in [0, 0.05) is 19.3 Å². The van der Waals surface area contributed by atoms with E-state index in [0.29, 0.717) is 18.8 Å². The van der Waals surface area contributed by atoms with E-state index >= 15 is 0 Å². The average molecular weight is 245 g/mol. The highest BCUT2D eigenvalue weighted by molar-refractivity contribution is 5.23. The summed E-state index contributed by atoms with van der Waals surface area (Å²) >= 11 is 0. The third kappa shape index (κ3) is 2.61. The number of ether oxygens (including phenoxy) is 1. The van der Waals surface area contributed by atoms with Gasteiger partial charge in [0.15, 0.2) is 17.5 Å². The monoisotopic (exact) mass is 245 g/mol. The maximum atomic E-state index is 13.1. The predicted octanol–water partition coefficient (Wildman–Crippen LogP) is 2.53. The minimum absolute atomic E-state index is 0.119. The Kier molecular flexibility index (Phi) is 3.69. The first-order chi connectivity index (χ1) is 8.09.